The molecule has 0 spiro atoms. The molecule has 176 valence electrons. The topological polar surface area (TPSA) is 20.2 Å². The molecule has 0 aliphatic carbocycles. The molecule has 0 bridgehead atoms. The van der Waals surface area contributed by atoms with E-state index in [9.17, 15) is 65.9 Å². The lowest BCUT2D eigenvalue weighted by Gasteiger charge is -2.43. The lowest BCUT2D eigenvalue weighted by molar-refractivity contribution is -0.457. The van der Waals surface area contributed by atoms with Crippen molar-refractivity contribution >= 4 is 0 Å². The minimum absolute atomic E-state index is 0.0578. The van der Waals surface area contributed by atoms with Crippen LogP contribution in [0.4, 0.5) is 65.9 Å². The van der Waals surface area contributed by atoms with Gasteiger partial charge in [-0.2, -0.15) is 61.5 Å². The Bertz CT molecular complexity index is 519. The van der Waals surface area contributed by atoms with E-state index in [-0.39, 0.29) is 12.8 Å². The first-order valence-corrected chi connectivity index (χ1v) is 7.50. The summed E-state index contributed by atoms with van der Waals surface area (Å²) in [4.78, 5) is 0. The van der Waals surface area contributed by atoms with Crippen LogP contribution in [-0.4, -0.2) is 53.4 Å². The van der Waals surface area contributed by atoms with E-state index in [2.05, 4.69) is 0 Å². The van der Waals surface area contributed by atoms with Crippen molar-refractivity contribution in [3.05, 3.63) is 0 Å². The van der Waals surface area contributed by atoms with E-state index in [0.717, 1.165) is 0 Å². The summed E-state index contributed by atoms with van der Waals surface area (Å²) in [6.45, 7) is -0.482. The van der Waals surface area contributed by atoms with Crippen LogP contribution in [0.3, 0.4) is 0 Å². The zero-order chi connectivity index (χ0) is 23.7. The van der Waals surface area contributed by atoms with E-state index >= 15 is 0 Å². The van der Waals surface area contributed by atoms with Crippen LogP contribution in [-0.2, 0) is 0 Å². The molecule has 16 heteroatoms. The Morgan fingerprint density at radius 3 is 1.17 bits per heavy atom. The van der Waals surface area contributed by atoms with Crippen molar-refractivity contribution in [3.63, 3.8) is 0 Å². The van der Waals surface area contributed by atoms with E-state index in [1.165, 1.54) is 0 Å². The molecule has 1 nitrogen and oxygen atoms in total. The predicted octanol–water partition coefficient (Wildman–Crippen LogP) is 6.30. The van der Waals surface area contributed by atoms with E-state index in [1.54, 1.807) is 0 Å². The number of hydrogen-bond acceptors (Lipinski definition) is 1. The Hall–Kier alpha value is -1.09. The van der Waals surface area contributed by atoms with Crippen molar-refractivity contribution in [2.75, 3.05) is 6.61 Å². The second kappa shape index (κ2) is 8.21. The van der Waals surface area contributed by atoms with Crippen molar-refractivity contribution in [2.24, 2.45) is 0 Å². The largest absolute Gasteiger partial charge is 0.438 e. The number of aliphatic hydroxyl groups is 1. The van der Waals surface area contributed by atoms with Crippen molar-refractivity contribution in [3.8, 4) is 0 Å². The first-order valence-electron chi connectivity index (χ1n) is 7.50. The van der Waals surface area contributed by atoms with Crippen molar-refractivity contribution < 1.29 is 71.0 Å². The summed E-state index contributed by atoms with van der Waals surface area (Å²) in [5.41, 5.74) is -8.25. The molecule has 0 unspecified atom stereocenters. The highest BCUT2D eigenvalue weighted by molar-refractivity contribution is 5.16. The van der Waals surface area contributed by atoms with Crippen LogP contribution >= 0.6 is 0 Å². The molecule has 0 rings (SSSR count). The molecule has 0 aromatic rings. The summed E-state index contributed by atoms with van der Waals surface area (Å²) < 4.78 is 194. The molecule has 0 saturated carbocycles. The molecule has 0 radical (unpaired) electrons. The summed E-state index contributed by atoms with van der Waals surface area (Å²) in [5.74, 6) is -30.2. The molecular formula is C13H13F15O. The highest BCUT2D eigenvalue weighted by Crippen LogP contribution is 2.64. The maximum Gasteiger partial charge on any atom is 0.438 e. The van der Waals surface area contributed by atoms with Gasteiger partial charge in [0.05, 0.1) is 0 Å². The smallest absolute Gasteiger partial charge is 0.396 e. The fourth-order valence-electron chi connectivity index (χ4n) is 2.13. The number of aliphatic hydroxyl groups excluding tert-OH is 1. The lowest BCUT2D eigenvalue weighted by atomic mass is 9.85. The molecule has 1 N–H and O–H groups in total. The normalized spacial score (nSPS) is 15.7. The molecule has 29 heavy (non-hydrogen) atoms. The average Bonchev–Trinajstić information content (AvgIpc) is 2.50. The molecule has 0 amide bonds. The van der Waals surface area contributed by atoms with Gasteiger partial charge in [-0.3, -0.25) is 0 Å². The Balaban J connectivity index is 6.14. The molecule has 0 fully saturated rings. The molecule has 0 aliphatic rings. The van der Waals surface area contributed by atoms with Crippen LogP contribution in [0.25, 0.3) is 0 Å². The van der Waals surface area contributed by atoms with E-state index in [1.807, 2.05) is 0 Å². The first kappa shape index (κ1) is 27.9. The molecule has 0 aromatic carbocycles. The molecule has 0 aromatic heterocycles. The van der Waals surface area contributed by atoms with Gasteiger partial charge < -0.3 is 5.11 Å². The lowest BCUT2D eigenvalue weighted by Crippen LogP contribution is -2.75. The van der Waals surface area contributed by atoms with Gasteiger partial charge in [-0.15, -0.1) is 0 Å². The Kier molecular flexibility index (Phi) is 7.90. The third-order valence-corrected chi connectivity index (χ3v) is 3.86. The number of hydrogen-bond donors (Lipinski definition) is 1. The zero-order valence-corrected chi connectivity index (χ0v) is 13.9. The second-order valence-corrected chi connectivity index (χ2v) is 5.97. The van der Waals surface area contributed by atoms with Crippen LogP contribution in [0, 0.1) is 0 Å². The summed E-state index contributed by atoms with van der Waals surface area (Å²) in [6.07, 6.45) is -19.9. The quantitative estimate of drug-likeness (QED) is 0.294. The van der Waals surface area contributed by atoms with Gasteiger partial charge in [0.1, 0.15) is 0 Å². The number of unbranched alkanes of at least 4 members (excludes halogenated alkanes) is 3. The molecule has 0 aliphatic heterocycles. The highest BCUT2D eigenvalue weighted by atomic mass is 19.4. The Labute approximate surface area is 152 Å². The van der Waals surface area contributed by atoms with Gasteiger partial charge in [0.2, 0.25) is 0 Å². The van der Waals surface area contributed by atoms with Gasteiger partial charge in [-0.25, -0.2) is 4.39 Å². The summed E-state index contributed by atoms with van der Waals surface area (Å²) >= 11 is 0. The minimum Gasteiger partial charge on any atom is -0.396 e. The summed E-state index contributed by atoms with van der Waals surface area (Å²) in [5, 5.41) is 8.39. The van der Waals surface area contributed by atoms with Crippen LogP contribution < -0.4 is 0 Å². The maximum absolute atomic E-state index is 13.4. The highest BCUT2D eigenvalue weighted by Gasteiger charge is 2.95. The number of rotatable bonds is 10. The van der Waals surface area contributed by atoms with Crippen LogP contribution in [0.2, 0.25) is 0 Å². The Morgan fingerprint density at radius 1 is 0.448 bits per heavy atom. The van der Waals surface area contributed by atoms with Gasteiger partial charge in [-0.05, 0) is 12.8 Å². The molecule has 0 saturated heterocycles. The van der Waals surface area contributed by atoms with Crippen LogP contribution in [0.1, 0.15) is 32.1 Å². The fourth-order valence-corrected chi connectivity index (χ4v) is 2.13. The van der Waals surface area contributed by atoms with Gasteiger partial charge >= 0.3 is 41.7 Å². The summed E-state index contributed by atoms with van der Waals surface area (Å²) in [7, 11) is 0. The van der Waals surface area contributed by atoms with Crippen molar-refractivity contribution in [1.29, 1.82) is 0 Å². The third kappa shape index (κ3) is 4.50. The van der Waals surface area contributed by atoms with Crippen molar-refractivity contribution in [1.82, 2.24) is 0 Å². The van der Waals surface area contributed by atoms with Crippen molar-refractivity contribution in [2.45, 2.75) is 73.8 Å². The van der Waals surface area contributed by atoms with Gasteiger partial charge in [0.25, 0.3) is 0 Å². The standard InChI is InChI=1S/C13H13F15O/c14-7(15,5-3-1-2-4-6-29)9(17,18)11(21,22)10(19,20)8(16,12(23,24)25)13(26,27)28/h29H,1-6H2. The van der Waals surface area contributed by atoms with Crippen LogP contribution in [0.5, 0.6) is 0 Å². The van der Waals surface area contributed by atoms with E-state index < -0.39 is 67.6 Å². The monoisotopic (exact) mass is 470 g/mol. The van der Waals surface area contributed by atoms with Gasteiger partial charge in [-0.1, -0.05) is 12.8 Å². The zero-order valence-electron chi connectivity index (χ0n) is 13.9. The summed E-state index contributed by atoms with van der Waals surface area (Å²) in [6, 6.07) is 0. The maximum atomic E-state index is 13.4. The van der Waals surface area contributed by atoms with Gasteiger partial charge in [0, 0.05) is 13.0 Å². The molecular weight excluding hydrogens is 457 g/mol. The first-order chi connectivity index (χ1) is 12.6. The SMILES string of the molecule is OCCCCCCC(F)(F)C(F)(F)C(F)(F)C(F)(F)C(F)(C(F)(F)F)C(F)(F)F. The van der Waals surface area contributed by atoms with Crippen LogP contribution in [0.15, 0.2) is 0 Å². The fraction of sp³-hybridized carbons (Fsp3) is 1.00. The molecule has 0 atom stereocenters. The third-order valence-electron chi connectivity index (χ3n) is 3.86. The van der Waals surface area contributed by atoms with E-state index in [0.29, 0.717) is 0 Å². The Morgan fingerprint density at radius 2 is 0.828 bits per heavy atom. The van der Waals surface area contributed by atoms with Gasteiger partial charge in [0.15, 0.2) is 0 Å². The molecule has 0 heterocycles. The predicted molar refractivity (Wildman–Crippen MR) is 65.9 cm³/mol. The number of halogens is 15. The average molecular weight is 470 g/mol. The number of alkyl halides is 15. The van der Waals surface area contributed by atoms with E-state index in [4.69, 9.17) is 5.11 Å². The minimum atomic E-state index is -8.36. The second-order valence-electron chi connectivity index (χ2n) is 5.97.